The number of nitrogens with zero attached hydrogens (tertiary/aromatic N) is 1. The number of rotatable bonds is 5. The van der Waals surface area contributed by atoms with Crippen molar-refractivity contribution in [2.24, 2.45) is 0 Å². The Hall–Kier alpha value is -2.21. The summed E-state index contributed by atoms with van der Waals surface area (Å²) in [6.45, 7) is 4.45. The summed E-state index contributed by atoms with van der Waals surface area (Å²) in [5, 5.41) is 16.6. The summed E-state index contributed by atoms with van der Waals surface area (Å²) < 4.78 is 0. The van der Waals surface area contributed by atoms with Gasteiger partial charge in [-0.25, -0.2) is 0 Å². The molecule has 1 amide bonds. The van der Waals surface area contributed by atoms with Crippen LogP contribution >= 0.6 is 0 Å². The van der Waals surface area contributed by atoms with E-state index in [0.717, 1.165) is 39.0 Å². The lowest BCUT2D eigenvalue weighted by Gasteiger charge is -2.30. The molecule has 0 spiro atoms. The summed E-state index contributed by atoms with van der Waals surface area (Å²) in [7, 11) is 0. The second kappa shape index (κ2) is 8.21. The number of benzene rings is 2. The van der Waals surface area contributed by atoms with Crippen molar-refractivity contribution in [2.45, 2.75) is 32.0 Å². The summed E-state index contributed by atoms with van der Waals surface area (Å²) in [4.78, 5) is 14.7. The van der Waals surface area contributed by atoms with Crippen molar-refractivity contribution in [3.05, 3.63) is 70.3 Å². The molecule has 2 aliphatic heterocycles. The first-order valence-electron chi connectivity index (χ1n) is 9.77. The lowest BCUT2D eigenvalue weighted by molar-refractivity contribution is 0.0841. The van der Waals surface area contributed by atoms with Crippen LogP contribution in [-0.4, -0.2) is 48.2 Å². The first kappa shape index (κ1) is 18.2. The van der Waals surface area contributed by atoms with E-state index in [9.17, 15) is 9.90 Å². The third kappa shape index (κ3) is 4.38. The van der Waals surface area contributed by atoms with Crippen LogP contribution in [-0.2, 0) is 25.9 Å². The molecule has 2 aromatic carbocycles. The zero-order valence-corrected chi connectivity index (χ0v) is 15.6. The summed E-state index contributed by atoms with van der Waals surface area (Å²) in [6.07, 6.45) is 1.45. The zero-order chi connectivity index (χ0) is 18.6. The molecule has 0 aliphatic carbocycles. The standard InChI is InChI=1S/C22H27N3O2/c26-21(15-25-10-8-16-3-1-2-4-19(16)14-25)13-24-22(27)18-6-5-17-7-9-23-12-20(17)11-18/h1-6,11,21,23,26H,7-10,12-15H2,(H,24,27). The molecule has 5 heteroatoms. The van der Waals surface area contributed by atoms with Crippen LogP contribution in [0.3, 0.4) is 0 Å². The fraction of sp³-hybridized carbons (Fsp3) is 0.409. The molecular weight excluding hydrogens is 338 g/mol. The van der Waals surface area contributed by atoms with Crippen molar-refractivity contribution in [3.8, 4) is 0 Å². The summed E-state index contributed by atoms with van der Waals surface area (Å²) in [5.74, 6) is -0.119. The fourth-order valence-electron chi connectivity index (χ4n) is 4.01. The Morgan fingerprint density at radius 3 is 2.81 bits per heavy atom. The van der Waals surface area contributed by atoms with Gasteiger partial charge >= 0.3 is 0 Å². The number of aliphatic hydroxyl groups is 1. The molecule has 0 saturated carbocycles. The van der Waals surface area contributed by atoms with E-state index in [0.29, 0.717) is 12.1 Å². The number of hydrogen-bond donors (Lipinski definition) is 3. The third-order valence-electron chi connectivity index (χ3n) is 5.53. The number of fused-ring (bicyclic) bond motifs is 2. The molecule has 0 saturated heterocycles. The Kier molecular flexibility index (Phi) is 5.53. The van der Waals surface area contributed by atoms with Crippen molar-refractivity contribution in [2.75, 3.05) is 26.2 Å². The minimum atomic E-state index is -0.571. The van der Waals surface area contributed by atoms with Crippen LogP contribution < -0.4 is 10.6 Å². The Labute approximate surface area is 160 Å². The van der Waals surface area contributed by atoms with E-state index < -0.39 is 6.10 Å². The van der Waals surface area contributed by atoms with Gasteiger partial charge in [0.15, 0.2) is 0 Å². The van der Waals surface area contributed by atoms with Gasteiger partial charge in [0.25, 0.3) is 5.91 Å². The number of hydrogen-bond acceptors (Lipinski definition) is 4. The Morgan fingerprint density at radius 2 is 1.93 bits per heavy atom. The lowest BCUT2D eigenvalue weighted by Crippen LogP contribution is -2.42. The van der Waals surface area contributed by atoms with Crippen LogP contribution in [0.2, 0.25) is 0 Å². The van der Waals surface area contributed by atoms with Gasteiger partial charge in [-0.15, -0.1) is 0 Å². The number of β-amino-alcohol motifs (C(OH)–C–C–N with tert-alkyl or cyclic N) is 1. The molecule has 2 aromatic rings. The Bertz CT molecular complexity index is 821. The molecular formula is C22H27N3O2. The van der Waals surface area contributed by atoms with Gasteiger partial charge in [-0.2, -0.15) is 0 Å². The van der Waals surface area contributed by atoms with Crippen molar-refractivity contribution < 1.29 is 9.90 Å². The van der Waals surface area contributed by atoms with E-state index in [-0.39, 0.29) is 12.5 Å². The van der Waals surface area contributed by atoms with Crippen LogP contribution in [0.5, 0.6) is 0 Å². The second-order valence-corrected chi connectivity index (χ2v) is 7.53. The Morgan fingerprint density at radius 1 is 1.11 bits per heavy atom. The number of carbonyl (C=O) groups is 1. The van der Waals surface area contributed by atoms with E-state index in [2.05, 4.69) is 39.8 Å². The third-order valence-corrected chi connectivity index (χ3v) is 5.53. The average molecular weight is 365 g/mol. The second-order valence-electron chi connectivity index (χ2n) is 7.53. The molecule has 2 aliphatic rings. The zero-order valence-electron chi connectivity index (χ0n) is 15.6. The molecule has 27 heavy (non-hydrogen) atoms. The predicted molar refractivity (Wildman–Crippen MR) is 106 cm³/mol. The molecule has 142 valence electrons. The number of aliphatic hydroxyl groups excluding tert-OH is 1. The van der Waals surface area contributed by atoms with E-state index in [1.54, 1.807) is 0 Å². The van der Waals surface area contributed by atoms with E-state index in [4.69, 9.17) is 0 Å². The highest BCUT2D eigenvalue weighted by Crippen LogP contribution is 2.18. The van der Waals surface area contributed by atoms with E-state index in [1.807, 2.05) is 18.2 Å². The highest BCUT2D eigenvalue weighted by atomic mass is 16.3. The van der Waals surface area contributed by atoms with Crippen LogP contribution in [0, 0.1) is 0 Å². The van der Waals surface area contributed by atoms with Crippen LogP contribution in [0.4, 0.5) is 0 Å². The number of carbonyl (C=O) groups excluding carboxylic acids is 1. The van der Waals surface area contributed by atoms with Gasteiger partial charge in [-0.05, 0) is 53.8 Å². The molecule has 0 aromatic heterocycles. The maximum atomic E-state index is 12.4. The molecule has 2 heterocycles. The minimum absolute atomic E-state index is 0.119. The normalized spacial score (nSPS) is 17.7. The Balaban J connectivity index is 1.28. The van der Waals surface area contributed by atoms with Crippen LogP contribution in [0.25, 0.3) is 0 Å². The highest BCUT2D eigenvalue weighted by molar-refractivity contribution is 5.94. The first-order valence-corrected chi connectivity index (χ1v) is 9.77. The van der Waals surface area contributed by atoms with Crippen LogP contribution in [0.15, 0.2) is 42.5 Å². The van der Waals surface area contributed by atoms with Crippen molar-refractivity contribution in [1.82, 2.24) is 15.5 Å². The maximum Gasteiger partial charge on any atom is 0.251 e. The number of amides is 1. The minimum Gasteiger partial charge on any atom is -0.390 e. The molecule has 1 atom stereocenters. The summed E-state index contributed by atoms with van der Waals surface area (Å²) in [5.41, 5.74) is 5.91. The van der Waals surface area contributed by atoms with Gasteiger partial charge in [0.05, 0.1) is 6.10 Å². The summed E-state index contributed by atoms with van der Waals surface area (Å²) in [6, 6.07) is 14.4. The lowest BCUT2D eigenvalue weighted by atomic mass is 9.98. The van der Waals surface area contributed by atoms with E-state index in [1.165, 1.54) is 22.3 Å². The van der Waals surface area contributed by atoms with Gasteiger partial charge in [0, 0.05) is 38.3 Å². The SMILES string of the molecule is O=C(NCC(O)CN1CCc2ccccc2C1)c1ccc2c(c1)CNCC2. The number of nitrogens with one attached hydrogen (secondary N) is 2. The molecule has 4 rings (SSSR count). The van der Waals surface area contributed by atoms with Gasteiger partial charge in [0.1, 0.15) is 0 Å². The predicted octanol–water partition coefficient (Wildman–Crippen LogP) is 1.48. The van der Waals surface area contributed by atoms with Crippen molar-refractivity contribution >= 4 is 5.91 Å². The maximum absolute atomic E-state index is 12.4. The highest BCUT2D eigenvalue weighted by Gasteiger charge is 2.19. The van der Waals surface area contributed by atoms with Crippen molar-refractivity contribution in [1.29, 1.82) is 0 Å². The van der Waals surface area contributed by atoms with Gasteiger partial charge in [0.2, 0.25) is 0 Å². The van der Waals surface area contributed by atoms with Gasteiger partial charge in [-0.1, -0.05) is 30.3 Å². The molecule has 1 unspecified atom stereocenters. The van der Waals surface area contributed by atoms with Crippen LogP contribution in [0.1, 0.15) is 32.6 Å². The quantitative estimate of drug-likeness (QED) is 0.751. The van der Waals surface area contributed by atoms with Crippen molar-refractivity contribution in [3.63, 3.8) is 0 Å². The van der Waals surface area contributed by atoms with Gasteiger partial charge in [-0.3, -0.25) is 9.69 Å². The molecule has 0 radical (unpaired) electrons. The summed E-state index contributed by atoms with van der Waals surface area (Å²) >= 11 is 0. The molecule has 0 fully saturated rings. The monoisotopic (exact) mass is 365 g/mol. The molecule has 5 nitrogen and oxygen atoms in total. The molecule has 0 bridgehead atoms. The topological polar surface area (TPSA) is 64.6 Å². The smallest absolute Gasteiger partial charge is 0.251 e. The molecule has 3 N–H and O–H groups in total. The average Bonchev–Trinajstić information content (AvgIpc) is 2.71. The van der Waals surface area contributed by atoms with Gasteiger partial charge < -0.3 is 15.7 Å². The largest absolute Gasteiger partial charge is 0.390 e. The fourth-order valence-corrected chi connectivity index (χ4v) is 4.01. The first-order chi connectivity index (χ1) is 13.2. The van der Waals surface area contributed by atoms with E-state index >= 15 is 0 Å².